The number of benzene rings is 1. The number of hydrogen-bond acceptors (Lipinski definition) is 6. The standard InChI is InChI=1S/C17H30N3O3P/c1-24(2,22)16(20(12-10-18)13-11-19)8-9-17(21)23-14-15-6-4-3-5-7-15/h3-7,16H,8-14,18-19H2,1-2H3. The summed E-state index contributed by atoms with van der Waals surface area (Å²) in [6.45, 7) is 5.92. The van der Waals surface area contributed by atoms with Gasteiger partial charge in [0.1, 0.15) is 6.61 Å². The molecule has 4 N–H and O–H groups in total. The summed E-state index contributed by atoms with van der Waals surface area (Å²) in [5, 5.41) is 0. The zero-order chi connectivity index (χ0) is 18.0. The third kappa shape index (κ3) is 7.58. The van der Waals surface area contributed by atoms with E-state index in [1.54, 1.807) is 13.3 Å². The summed E-state index contributed by atoms with van der Waals surface area (Å²) >= 11 is 0. The van der Waals surface area contributed by atoms with E-state index in [1.807, 2.05) is 35.2 Å². The summed E-state index contributed by atoms with van der Waals surface area (Å²) in [6, 6.07) is 9.54. The van der Waals surface area contributed by atoms with E-state index in [-0.39, 0.29) is 24.8 Å². The molecule has 1 atom stereocenters. The smallest absolute Gasteiger partial charge is 0.306 e. The van der Waals surface area contributed by atoms with Gasteiger partial charge >= 0.3 is 5.97 Å². The van der Waals surface area contributed by atoms with Crippen molar-refractivity contribution in [2.75, 3.05) is 39.5 Å². The Morgan fingerprint density at radius 1 is 1.17 bits per heavy atom. The quantitative estimate of drug-likeness (QED) is 0.463. The lowest BCUT2D eigenvalue weighted by atomic mass is 10.2. The maximum atomic E-state index is 12.6. The Morgan fingerprint density at radius 2 is 1.75 bits per heavy atom. The molecule has 0 heterocycles. The molecule has 0 saturated heterocycles. The predicted octanol–water partition coefficient (Wildman–Crippen LogP) is 1.68. The summed E-state index contributed by atoms with van der Waals surface area (Å²) in [7, 11) is -2.42. The fraction of sp³-hybridized carbons (Fsp3) is 0.588. The zero-order valence-corrected chi connectivity index (χ0v) is 15.6. The molecular formula is C17H30N3O3P. The SMILES string of the molecule is CP(C)(=O)C(CCC(=O)OCc1ccccc1)N(CCN)CCN. The topological polar surface area (TPSA) is 98.7 Å². The van der Waals surface area contributed by atoms with Gasteiger partial charge in [-0.2, -0.15) is 0 Å². The Balaban J connectivity index is 2.57. The van der Waals surface area contributed by atoms with Gasteiger partial charge in [-0.1, -0.05) is 30.3 Å². The summed E-state index contributed by atoms with van der Waals surface area (Å²) in [4.78, 5) is 14.0. The van der Waals surface area contributed by atoms with E-state index in [0.29, 0.717) is 32.6 Å². The highest BCUT2D eigenvalue weighted by atomic mass is 31.2. The zero-order valence-electron chi connectivity index (χ0n) is 14.7. The Bertz CT molecular complexity index is 527. The van der Waals surface area contributed by atoms with Gasteiger partial charge in [0.05, 0.1) is 12.9 Å². The van der Waals surface area contributed by atoms with Crippen molar-refractivity contribution in [1.82, 2.24) is 4.90 Å². The maximum Gasteiger partial charge on any atom is 0.306 e. The molecule has 0 aromatic heterocycles. The summed E-state index contributed by atoms with van der Waals surface area (Å²) in [6.07, 6.45) is 0.715. The van der Waals surface area contributed by atoms with E-state index in [2.05, 4.69) is 0 Å². The molecule has 0 spiro atoms. The lowest BCUT2D eigenvalue weighted by molar-refractivity contribution is -0.145. The molecule has 0 saturated carbocycles. The van der Waals surface area contributed by atoms with Crippen LogP contribution in [0.1, 0.15) is 18.4 Å². The van der Waals surface area contributed by atoms with E-state index in [1.165, 1.54) is 0 Å². The van der Waals surface area contributed by atoms with Gasteiger partial charge in [0.25, 0.3) is 0 Å². The second kappa shape index (κ2) is 10.6. The largest absolute Gasteiger partial charge is 0.461 e. The highest BCUT2D eigenvalue weighted by molar-refractivity contribution is 7.63. The number of nitrogens with zero attached hydrogens (tertiary/aromatic N) is 1. The molecule has 0 fully saturated rings. The fourth-order valence-electron chi connectivity index (χ4n) is 2.69. The average molecular weight is 355 g/mol. The molecule has 1 aromatic carbocycles. The molecule has 0 radical (unpaired) electrons. The van der Waals surface area contributed by atoms with Crippen molar-refractivity contribution in [2.24, 2.45) is 11.5 Å². The molecule has 7 heteroatoms. The molecular weight excluding hydrogens is 325 g/mol. The Hall–Kier alpha value is -1.20. The number of carbonyl (C=O) groups is 1. The minimum atomic E-state index is -2.42. The fourth-order valence-corrected chi connectivity index (χ4v) is 4.45. The van der Waals surface area contributed by atoms with Crippen LogP contribution in [-0.2, 0) is 20.7 Å². The third-order valence-corrected chi connectivity index (χ3v) is 5.84. The lowest BCUT2D eigenvalue weighted by Crippen LogP contribution is -2.41. The van der Waals surface area contributed by atoms with Crippen LogP contribution in [0.25, 0.3) is 0 Å². The van der Waals surface area contributed by atoms with Crippen LogP contribution < -0.4 is 11.5 Å². The highest BCUT2D eigenvalue weighted by Crippen LogP contribution is 2.46. The molecule has 0 aliphatic heterocycles. The predicted molar refractivity (Wildman–Crippen MR) is 98.4 cm³/mol. The van der Waals surface area contributed by atoms with E-state index < -0.39 is 7.14 Å². The van der Waals surface area contributed by atoms with Gasteiger partial charge in [0.15, 0.2) is 0 Å². The van der Waals surface area contributed by atoms with Crippen LogP contribution in [0.4, 0.5) is 0 Å². The molecule has 0 bridgehead atoms. The van der Waals surface area contributed by atoms with Crippen molar-refractivity contribution in [3.8, 4) is 0 Å². The van der Waals surface area contributed by atoms with Crippen LogP contribution in [0.2, 0.25) is 0 Å². The molecule has 0 amide bonds. The molecule has 1 aromatic rings. The van der Waals surface area contributed by atoms with Crippen LogP contribution in [0.15, 0.2) is 30.3 Å². The minimum absolute atomic E-state index is 0.200. The Morgan fingerprint density at radius 3 is 2.25 bits per heavy atom. The van der Waals surface area contributed by atoms with E-state index in [4.69, 9.17) is 16.2 Å². The van der Waals surface area contributed by atoms with E-state index in [0.717, 1.165) is 5.56 Å². The van der Waals surface area contributed by atoms with Gasteiger partial charge in [-0.3, -0.25) is 9.69 Å². The summed E-state index contributed by atoms with van der Waals surface area (Å²) in [5.74, 6) is -0.480. The van der Waals surface area contributed by atoms with Crippen LogP contribution >= 0.6 is 7.14 Å². The number of ether oxygens (including phenoxy) is 1. The van der Waals surface area contributed by atoms with Gasteiger partial charge in [-0.05, 0) is 25.3 Å². The summed E-state index contributed by atoms with van der Waals surface area (Å²) < 4.78 is 17.9. The molecule has 1 unspecified atom stereocenters. The minimum Gasteiger partial charge on any atom is -0.461 e. The van der Waals surface area contributed by atoms with Crippen molar-refractivity contribution in [3.05, 3.63) is 35.9 Å². The highest BCUT2D eigenvalue weighted by Gasteiger charge is 2.29. The van der Waals surface area contributed by atoms with Crippen LogP contribution in [0.3, 0.4) is 0 Å². The molecule has 136 valence electrons. The van der Waals surface area contributed by atoms with E-state index in [9.17, 15) is 9.36 Å². The maximum absolute atomic E-state index is 12.6. The molecule has 0 aliphatic carbocycles. The number of rotatable bonds is 11. The second-order valence-corrected chi connectivity index (χ2v) is 9.68. The Kier molecular flexibility index (Phi) is 9.22. The van der Waals surface area contributed by atoms with Crippen molar-refractivity contribution in [1.29, 1.82) is 0 Å². The third-order valence-electron chi connectivity index (χ3n) is 3.82. The average Bonchev–Trinajstić information content (AvgIpc) is 2.53. The van der Waals surface area contributed by atoms with Crippen molar-refractivity contribution >= 4 is 13.1 Å². The van der Waals surface area contributed by atoms with Crippen molar-refractivity contribution in [2.45, 2.75) is 25.2 Å². The van der Waals surface area contributed by atoms with Crippen molar-refractivity contribution < 1.29 is 14.1 Å². The van der Waals surface area contributed by atoms with E-state index >= 15 is 0 Å². The molecule has 1 rings (SSSR count). The number of carbonyl (C=O) groups excluding carboxylic acids is 1. The van der Waals surface area contributed by atoms with Gasteiger partial charge in [0.2, 0.25) is 0 Å². The number of esters is 1. The van der Waals surface area contributed by atoms with Crippen molar-refractivity contribution in [3.63, 3.8) is 0 Å². The molecule has 24 heavy (non-hydrogen) atoms. The van der Waals surface area contributed by atoms with Crippen LogP contribution in [0.5, 0.6) is 0 Å². The molecule has 6 nitrogen and oxygen atoms in total. The second-order valence-electron chi connectivity index (χ2n) is 6.21. The van der Waals surface area contributed by atoms with Gasteiger partial charge in [-0.15, -0.1) is 0 Å². The van der Waals surface area contributed by atoms with Gasteiger partial charge in [0, 0.05) is 32.6 Å². The monoisotopic (exact) mass is 355 g/mol. The Labute approximate surface area is 144 Å². The van der Waals surface area contributed by atoms with Crippen LogP contribution in [-0.4, -0.2) is 56.2 Å². The van der Waals surface area contributed by atoms with Gasteiger partial charge in [-0.25, -0.2) is 0 Å². The first-order valence-electron chi connectivity index (χ1n) is 8.27. The normalized spacial score (nSPS) is 13.0. The molecule has 0 aliphatic rings. The van der Waals surface area contributed by atoms with Crippen LogP contribution in [0, 0.1) is 0 Å². The first kappa shape index (κ1) is 20.8. The number of hydrogen-bond donors (Lipinski definition) is 2. The first-order valence-corrected chi connectivity index (χ1v) is 10.9. The first-order chi connectivity index (χ1) is 11.4. The summed E-state index contributed by atoms with van der Waals surface area (Å²) in [5.41, 5.74) is 12.2. The van der Waals surface area contributed by atoms with Gasteiger partial charge < -0.3 is 20.8 Å². The lowest BCUT2D eigenvalue weighted by Gasteiger charge is -2.33. The number of nitrogens with two attached hydrogens (primary N) is 2.